The van der Waals surface area contributed by atoms with Gasteiger partial charge in [-0.05, 0) is 42.8 Å². The van der Waals surface area contributed by atoms with Gasteiger partial charge in [-0.15, -0.1) is 11.8 Å². The molecule has 1 rings (SSSR count). The summed E-state index contributed by atoms with van der Waals surface area (Å²) in [4.78, 5) is 1.63. The number of rotatable bonds is 9. The fourth-order valence-electron chi connectivity index (χ4n) is 2.86. The van der Waals surface area contributed by atoms with E-state index in [-0.39, 0.29) is 0 Å². The van der Waals surface area contributed by atoms with Crippen molar-refractivity contribution in [3.63, 3.8) is 0 Å². The Balaban J connectivity index is 2.00. The molecule has 1 heteroatoms. The Hall–Kier alpha value is 0.0900. The predicted octanol–water partition coefficient (Wildman–Crippen LogP) is 6.56. The van der Waals surface area contributed by atoms with E-state index < -0.39 is 0 Å². The molecule has 1 fully saturated rings. The predicted molar refractivity (Wildman–Crippen MR) is 86.2 cm³/mol. The molecule has 1 saturated carbocycles. The monoisotopic (exact) mass is 268 g/mol. The largest absolute Gasteiger partial charge is 0.131 e. The van der Waals surface area contributed by atoms with Crippen LogP contribution >= 0.6 is 11.8 Å². The molecule has 0 unspecified atom stereocenters. The fraction of sp³-hybridized carbons (Fsp3) is 0.882. The van der Waals surface area contributed by atoms with E-state index in [1.54, 1.807) is 4.91 Å². The van der Waals surface area contributed by atoms with Crippen LogP contribution in [0, 0.1) is 5.92 Å². The van der Waals surface area contributed by atoms with Crippen LogP contribution in [0.15, 0.2) is 11.0 Å². The van der Waals surface area contributed by atoms with Crippen molar-refractivity contribution < 1.29 is 0 Å². The second-order valence-corrected chi connectivity index (χ2v) is 6.93. The van der Waals surface area contributed by atoms with Crippen LogP contribution in [-0.4, -0.2) is 5.75 Å². The summed E-state index contributed by atoms with van der Waals surface area (Å²) < 4.78 is 0. The molecular formula is C17H32S. The maximum atomic E-state index is 2.33. The molecule has 18 heavy (non-hydrogen) atoms. The van der Waals surface area contributed by atoms with Gasteiger partial charge >= 0.3 is 0 Å². The minimum atomic E-state index is 1.07. The number of hydrogen-bond acceptors (Lipinski definition) is 1. The van der Waals surface area contributed by atoms with Gasteiger partial charge in [-0.3, -0.25) is 0 Å². The Bertz CT molecular complexity index is 214. The van der Waals surface area contributed by atoms with E-state index in [1.807, 2.05) is 0 Å². The van der Waals surface area contributed by atoms with E-state index in [0.29, 0.717) is 0 Å². The van der Waals surface area contributed by atoms with Crippen molar-refractivity contribution in [2.75, 3.05) is 5.75 Å². The third kappa shape index (κ3) is 7.51. The summed E-state index contributed by atoms with van der Waals surface area (Å²) in [6.45, 7) is 4.48. The van der Waals surface area contributed by atoms with Crippen molar-refractivity contribution in [3.05, 3.63) is 11.0 Å². The average Bonchev–Trinajstić information content (AvgIpc) is 2.43. The second-order valence-electron chi connectivity index (χ2n) is 5.71. The molecule has 0 nitrogen and oxygen atoms in total. The van der Waals surface area contributed by atoms with Gasteiger partial charge in [-0.25, -0.2) is 0 Å². The summed E-state index contributed by atoms with van der Waals surface area (Å²) in [6, 6.07) is 0. The normalized spacial score (nSPS) is 18.2. The molecule has 0 aromatic rings. The maximum Gasteiger partial charge on any atom is -0.00235 e. The average molecular weight is 269 g/mol. The maximum absolute atomic E-state index is 2.33. The first-order valence-electron chi connectivity index (χ1n) is 8.14. The lowest BCUT2D eigenvalue weighted by molar-refractivity contribution is 0.330. The van der Waals surface area contributed by atoms with Gasteiger partial charge in [0.25, 0.3) is 0 Å². The zero-order valence-electron chi connectivity index (χ0n) is 12.5. The summed E-state index contributed by atoms with van der Waals surface area (Å²) in [5.41, 5.74) is 0. The first kappa shape index (κ1) is 16.1. The van der Waals surface area contributed by atoms with Crippen molar-refractivity contribution >= 4 is 11.8 Å². The van der Waals surface area contributed by atoms with Crippen LogP contribution in [0.25, 0.3) is 0 Å². The zero-order chi connectivity index (χ0) is 13.1. The number of hydrogen-bond donors (Lipinski definition) is 0. The lowest BCUT2D eigenvalue weighted by atomic mass is 9.85. The van der Waals surface area contributed by atoms with Crippen LogP contribution in [0.2, 0.25) is 0 Å². The van der Waals surface area contributed by atoms with Crippen molar-refractivity contribution in [3.8, 4) is 0 Å². The smallest absolute Gasteiger partial charge is 0.00235 e. The molecule has 0 spiro atoms. The summed E-state index contributed by atoms with van der Waals surface area (Å²) >= 11 is 2.09. The van der Waals surface area contributed by atoms with Crippen molar-refractivity contribution in [1.82, 2.24) is 0 Å². The number of allylic oxidation sites excluding steroid dienone is 2. The third-order valence-corrected chi connectivity index (χ3v) is 5.42. The topological polar surface area (TPSA) is 0 Å². The van der Waals surface area contributed by atoms with E-state index in [4.69, 9.17) is 0 Å². The van der Waals surface area contributed by atoms with Crippen LogP contribution in [-0.2, 0) is 0 Å². The molecule has 0 N–H and O–H groups in total. The minimum Gasteiger partial charge on any atom is -0.131 e. The highest BCUT2D eigenvalue weighted by Crippen LogP contribution is 2.29. The summed E-state index contributed by atoms with van der Waals surface area (Å²) in [6.07, 6.45) is 18.2. The van der Waals surface area contributed by atoms with Gasteiger partial charge in [0.15, 0.2) is 0 Å². The van der Waals surface area contributed by atoms with E-state index in [0.717, 1.165) is 5.92 Å². The molecule has 1 aliphatic rings. The molecule has 0 heterocycles. The minimum absolute atomic E-state index is 1.07. The summed E-state index contributed by atoms with van der Waals surface area (Å²) in [5.74, 6) is 2.39. The number of thioether (sulfide) groups is 1. The first-order valence-corrected chi connectivity index (χ1v) is 9.13. The standard InChI is InChI=1S/C17H32S/c1-3-5-15-18-17(4-2)14-10-9-13-16-11-7-6-8-12-16/h4,16H,3,5-15H2,1-2H3/b17-4+. The molecule has 0 bridgehead atoms. The third-order valence-electron chi connectivity index (χ3n) is 4.12. The van der Waals surface area contributed by atoms with Crippen LogP contribution in [0.3, 0.4) is 0 Å². The quantitative estimate of drug-likeness (QED) is 0.426. The van der Waals surface area contributed by atoms with E-state index in [1.165, 1.54) is 76.4 Å². The first-order chi connectivity index (χ1) is 8.86. The van der Waals surface area contributed by atoms with Gasteiger partial charge in [0.2, 0.25) is 0 Å². The highest BCUT2D eigenvalue weighted by atomic mass is 32.2. The fourth-order valence-corrected chi connectivity index (χ4v) is 4.01. The molecular weight excluding hydrogens is 236 g/mol. The molecule has 1 aliphatic carbocycles. The Morgan fingerprint density at radius 3 is 2.56 bits per heavy atom. The van der Waals surface area contributed by atoms with Crippen LogP contribution < -0.4 is 0 Å². The van der Waals surface area contributed by atoms with Crippen molar-refractivity contribution in [2.24, 2.45) is 5.92 Å². The number of unbranched alkanes of at least 4 members (excludes halogenated alkanes) is 2. The van der Waals surface area contributed by atoms with Gasteiger partial charge in [0.1, 0.15) is 0 Å². The molecule has 0 aromatic carbocycles. The van der Waals surface area contributed by atoms with Gasteiger partial charge in [-0.1, -0.05) is 64.4 Å². The molecule has 0 atom stereocenters. The molecule has 106 valence electrons. The lowest BCUT2D eigenvalue weighted by Crippen LogP contribution is -2.05. The lowest BCUT2D eigenvalue weighted by Gasteiger charge is -2.21. The van der Waals surface area contributed by atoms with Crippen LogP contribution in [0.4, 0.5) is 0 Å². The molecule has 0 saturated heterocycles. The zero-order valence-corrected chi connectivity index (χ0v) is 13.4. The highest BCUT2D eigenvalue weighted by molar-refractivity contribution is 8.03. The summed E-state index contributed by atoms with van der Waals surface area (Å²) in [7, 11) is 0. The Labute approximate surface area is 119 Å². The Morgan fingerprint density at radius 2 is 1.89 bits per heavy atom. The van der Waals surface area contributed by atoms with Gasteiger partial charge < -0.3 is 0 Å². The highest BCUT2D eigenvalue weighted by Gasteiger charge is 2.12. The molecule has 0 aliphatic heterocycles. The van der Waals surface area contributed by atoms with E-state index in [9.17, 15) is 0 Å². The van der Waals surface area contributed by atoms with Crippen LogP contribution in [0.5, 0.6) is 0 Å². The van der Waals surface area contributed by atoms with E-state index in [2.05, 4.69) is 31.7 Å². The Morgan fingerprint density at radius 1 is 1.11 bits per heavy atom. The second kappa shape index (κ2) is 11.0. The van der Waals surface area contributed by atoms with Gasteiger partial charge in [0, 0.05) is 0 Å². The van der Waals surface area contributed by atoms with Crippen LogP contribution in [0.1, 0.15) is 84.5 Å². The summed E-state index contributed by atoms with van der Waals surface area (Å²) in [5, 5.41) is 0. The van der Waals surface area contributed by atoms with Gasteiger partial charge in [-0.2, -0.15) is 0 Å². The molecule has 0 amide bonds. The van der Waals surface area contributed by atoms with E-state index >= 15 is 0 Å². The SMILES string of the molecule is C/C=C(\CCCCC1CCCCC1)SCCCC. The van der Waals surface area contributed by atoms with Gasteiger partial charge in [0.05, 0.1) is 0 Å². The molecule has 0 radical (unpaired) electrons. The van der Waals surface area contributed by atoms with Crippen molar-refractivity contribution in [1.29, 1.82) is 0 Å². The van der Waals surface area contributed by atoms with Crippen molar-refractivity contribution in [2.45, 2.75) is 84.5 Å². The Kier molecular flexibility index (Phi) is 9.83. The molecule has 0 aromatic heterocycles.